The van der Waals surface area contributed by atoms with Crippen LogP contribution in [0.25, 0.3) is 21.5 Å². The third kappa shape index (κ3) is 4.76. The Labute approximate surface area is 212 Å². The van der Waals surface area contributed by atoms with Crippen LogP contribution in [0.15, 0.2) is 116 Å². The van der Waals surface area contributed by atoms with Crippen molar-refractivity contribution in [3.8, 4) is 11.5 Å². The molecule has 5 rings (SSSR count). The fraction of sp³-hybridized carbons (Fsp3) is 0. The van der Waals surface area contributed by atoms with Gasteiger partial charge in [-0.05, 0) is 87.6 Å². The average Bonchev–Trinajstić information content (AvgIpc) is 3.43. The van der Waals surface area contributed by atoms with Crippen molar-refractivity contribution in [1.29, 1.82) is 0 Å². The molecule has 0 aliphatic rings. The molecule has 5 nitrogen and oxygen atoms in total. The van der Waals surface area contributed by atoms with E-state index < -0.39 is 11.9 Å². The van der Waals surface area contributed by atoms with Crippen molar-refractivity contribution in [3.05, 3.63) is 116 Å². The molecule has 0 spiro atoms. The van der Waals surface area contributed by atoms with Gasteiger partial charge in [-0.2, -0.15) is 0 Å². The molecular formula is C30H21NO4S. The Hall–Kier alpha value is -4.68. The predicted octanol–water partition coefficient (Wildman–Crippen LogP) is 7.71. The second kappa shape index (κ2) is 9.90. The van der Waals surface area contributed by atoms with Gasteiger partial charge < -0.3 is 14.4 Å². The number of anilines is 3. The van der Waals surface area contributed by atoms with Gasteiger partial charge in [-0.15, -0.1) is 11.3 Å². The molecule has 0 amide bonds. The van der Waals surface area contributed by atoms with E-state index in [0.717, 1.165) is 50.1 Å². The van der Waals surface area contributed by atoms with Crippen LogP contribution in [-0.2, 0) is 9.59 Å². The van der Waals surface area contributed by atoms with Crippen molar-refractivity contribution < 1.29 is 19.1 Å². The Morgan fingerprint density at radius 3 is 1.58 bits per heavy atom. The van der Waals surface area contributed by atoms with Gasteiger partial charge in [-0.3, -0.25) is 0 Å². The van der Waals surface area contributed by atoms with Crippen LogP contribution in [0.4, 0.5) is 16.4 Å². The van der Waals surface area contributed by atoms with Gasteiger partial charge in [0, 0.05) is 23.5 Å². The van der Waals surface area contributed by atoms with Crippen molar-refractivity contribution in [2.24, 2.45) is 0 Å². The van der Waals surface area contributed by atoms with Crippen LogP contribution in [-0.4, -0.2) is 11.9 Å². The Morgan fingerprint density at radius 1 is 0.667 bits per heavy atom. The fourth-order valence-electron chi connectivity index (χ4n) is 3.94. The predicted molar refractivity (Wildman–Crippen MR) is 146 cm³/mol. The number of nitrogens with zero attached hydrogens (tertiary/aromatic N) is 1. The van der Waals surface area contributed by atoms with E-state index in [2.05, 4.69) is 36.3 Å². The average molecular weight is 492 g/mol. The molecule has 5 aromatic rings. The number of thiophene rings is 1. The Bertz CT molecular complexity index is 1520. The van der Waals surface area contributed by atoms with E-state index >= 15 is 0 Å². The lowest BCUT2D eigenvalue weighted by Gasteiger charge is -2.24. The highest BCUT2D eigenvalue weighted by molar-refractivity contribution is 7.14. The number of esters is 2. The van der Waals surface area contributed by atoms with E-state index in [1.807, 2.05) is 60.0 Å². The van der Waals surface area contributed by atoms with Gasteiger partial charge in [-0.25, -0.2) is 9.59 Å². The van der Waals surface area contributed by atoms with E-state index in [1.165, 1.54) is 0 Å². The number of benzene rings is 4. The summed E-state index contributed by atoms with van der Waals surface area (Å²) >= 11 is 1.65. The lowest BCUT2D eigenvalue weighted by molar-refractivity contribution is -0.129. The Morgan fingerprint density at radius 2 is 1.14 bits per heavy atom. The number of rotatable bonds is 7. The molecule has 0 unspecified atom stereocenters. The van der Waals surface area contributed by atoms with Crippen LogP contribution in [0.5, 0.6) is 11.5 Å². The lowest BCUT2D eigenvalue weighted by atomic mass is 10.1. The topological polar surface area (TPSA) is 55.8 Å². The third-order valence-electron chi connectivity index (χ3n) is 5.60. The molecule has 0 aliphatic carbocycles. The quantitative estimate of drug-likeness (QED) is 0.133. The van der Waals surface area contributed by atoms with Crippen molar-refractivity contribution in [2.45, 2.75) is 0 Å². The van der Waals surface area contributed by atoms with Crippen LogP contribution >= 0.6 is 11.3 Å². The van der Waals surface area contributed by atoms with Crippen molar-refractivity contribution >= 4 is 61.2 Å². The molecule has 6 heteroatoms. The molecule has 0 saturated heterocycles. The number of carbonyl (C=O) groups excluding carboxylic acids is 2. The summed E-state index contributed by atoms with van der Waals surface area (Å²) in [6, 6.07) is 27.5. The molecular weight excluding hydrogens is 470 g/mol. The molecule has 176 valence electrons. The van der Waals surface area contributed by atoms with E-state index in [1.54, 1.807) is 23.5 Å². The first-order valence-corrected chi connectivity index (χ1v) is 12.0. The highest BCUT2D eigenvalue weighted by Crippen LogP contribution is 2.40. The lowest BCUT2D eigenvalue weighted by Crippen LogP contribution is -2.08. The number of hydrogen-bond acceptors (Lipinski definition) is 6. The van der Waals surface area contributed by atoms with Gasteiger partial charge in [0.25, 0.3) is 0 Å². The van der Waals surface area contributed by atoms with E-state index in [4.69, 9.17) is 9.47 Å². The minimum Gasteiger partial charge on any atom is -0.423 e. The molecule has 0 radical (unpaired) electrons. The highest BCUT2D eigenvalue weighted by atomic mass is 32.1. The summed E-state index contributed by atoms with van der Waals surface area (Å²) < 4.78 is 10.5. The van der Waals surface area contributed by atoms with Crippen LogP contribution in [0.2, 0.25) is 0 Å². The molecule has 1 heterocycles. The van der Waals surface area contributed by atoms with E-state index in [0.29, 0.717) is 11.5 Å². The smallest absolute Gasteiger partial charge is 0.335 e. The largest absolute Gasteiger partial charge is 0.423 e. The van der Waals surface area contributed by atoms with Gasteiger partial charge in [0.1, 0.15) is 11.5 Å². The fourth-order valence-corrected chi connectivity index (χ4v) is 4.71. The van der Waals surface area contributed by atoms with Gasteiger partial charge in [-0.1, -0.05) is 37.4 Å². The molecule has 0 fully saturated rings. The monoisotopic (exact) mass is 491 g/mol. The van der Waals surface area contributed by atoms with Crippen LogP contribution < -0.4 is 14.4 Å². The van der Waals surface area contributed by atoms with Crippen LogP contribution in [0.1, 0.15) is 0 Å². The van der Waals surface area contributed by atoms with Crippen LogP contribution in [0, 0.1) is 0 Å². The maximum Gasteiger partial charge on any atom is 0.335 e. The van der Waals surface area contributed by atoms with Crippen molar-refractivity contribution in [1.82, 2.24) is 0 Å². The zero-order chi connectivity index (χ0) is 25.1. The molecule has 1 aromatic heterocycles. The Kier molecular flexibility index (Phi) is 6.34. The number of carbonyl (C=O) groups is 2. The minimum atomic E-state index is -0.489. The first-order valence-electron chi connectivity index (χ1n) is 11.1. The summed E-state index contributed by atoms with van der Waals surface area (Å²) in [6.45, 7) is 6.88. The summed E-state index contributed by atoms with van der Waals surface area (Å²) in [6.07, 6.45) is 2.29. The maximum atomic E-state index is 11.6. The summed E-state index contributed by atoms with van der Waals surface area (Å²) in [5.74, 6) is -0.0277. The van der Waals surface area contributed by atoms with Gasteiger partial charge in [0.05, 0.1) is 5.00 Å². The summed E-state index contributed by atoms with van der Waals surface area (Å²) in [5, 5.41) is 7.06. The molecule has 36 heavy (non-hydrogen) atoms. The van der Waals surface area contributed by atoms with E-state index in [-0.39, 0.29) is 0 Å². The summed E-state index contributed by atoms with van der Waals surface area (Å²) in [7, 11) is 0. The first-order chi connectivity index (χ1) is 17.5. The molecule has 4 aromatic carbocycles. The first kappa shape index (κ1) is 23.1. The molecule has 0 saturated carbocycles. The minimum absolute atomic E-state index is 0.475. The van der Waals surface area contributed by atoms with Crippen molar-refractivity contribution in [2.75, 3.05) is 4.90 Å². The maximum absolute atomic E-state index is 11.6. The Balaban J connectivity index is 1.53. The van der Waals surface area contributed by atoms with Gasteiger partial charge in [0.2, 0.25) is 0 Å². The van der Waals surface area contributed by atoms with Crippen LogP contribution in [0.3, 0.4) is 0 Å². The summed E-state index contributed by atoms with van der Waals surface area (Å²) in [4.78, 5) is 25.3. The van der Waals surface area contributed by atoms with E-state index in [9.17, 15) is 9.59 Å². The van der Waals surface area contributed by atoms with Crippen molar-refractivity contribution in [3.63, 3.8) is 0 Å². The SMILES string of the molecule is C=CC(=O)Oc1ccc2cc(N(c3ccc4cc(OC(=O)C=C)ccc4c3)c3cccs3)ccc2c1. The second-order valence-corrected chi connectivity index (χ2v) is 8.85. The molecule has 0 aliphatic heterocycles. The molecule has 0 N–H and O–H groups in total. The molecule has 0 atom stereocenters. The molecule has 0 bridgehead atoms. The number of fused-ring (bicyclic) bond motifs is 2. The normalized spacial score (nSPS) is 10.7. The number of ether oxygens (including phenoxy) is 2. The zero-order valence-corrected chi connectivity index (χ0v) is 20.0. The zero-order valence-electron chi connectivity index (χ0n) is 19.2. The standard InChI is InChI=1S/C30H21NO4S/c1-3-29(32)34-26-13-9-20-16-24(11-7-22(20)18-26)31(28-6-5-15-36-28)25-12-8-23-19-27(35-30(33)4-2)14-10-21(23)17-25/h3-19H,1-2H2. The highest BCUT2D eigenvalue weighted by Gasteiger charge is 2.15. The second-order valence-electron chi connectivity index (χ2n) is 7.92. The number of hydrogen-bond donors (Lipinski definition) is 0. The van der Waals surface area contributed by atoms with Gasteiger partial charge >= 0.3 is 11.9 Å². The van der Waals surface area contributed by atoms with Gasteiger partial charge in [0.15, 0.2) is 0 Å². The third-order valence-corrected chi connectivity index (χ3v) is 6.46. The summed E-state index contributed by atoms with van der Waals surface area (Å²) in [5.41, 5.74) is 1.99.